The van der Waals surface area contributed by atoms with Crippen molar-refractivity contribution in [3.8, 4) is 11.5 Å². The highest BCUT2D eigenvalue weighted by Crippen LogP contribution is 2.41. The number of hydrogen-bond donors (Lipinski definition) is 1. The third kappa shape index (κ3) is 5.07. The fourth-order valence-electron chi connectivity index (χ4n) is 4.77. The van der Waals surface area contributed by atoms with E-state index < -0.39 is 45.2 Å². The Bertz CT molecular complexity index is 1810. The molecule has 0 aliphatic carbocycles. The number of rotatable bonds is 6. The Morgan fingerprint density at radius 2 is 2.07 bits per heavy atom. The summed E-state index contributed by atoms with van der Waals surface area (Å²) in [6.45, 7) is 2.11. The van der Waals surface area contributed by atoms with E-state index in [-0.39, 0.29) is 17.7 Å². The smallest absolute Gasteiger partial charge is 0.251 e. The number of amides is 1. The fraction of sp³-hybridized carbons (Fsp3) is 0.286. The molecule has 6 rings (SSSR count). The summed E-state index contributed by atoms with van der Waals surface area (Å²) in [6.07, 6.45) is 3.26. The summed E-state index contributed by atoms with van der Waals surface area (Å²) >= 11 is 0. The highest BCUT2D eigenvalue weighted by atomic mass is 32.2. The van der Waals surface area contributed by atoms with Crippen LogP contribution in [0.3, 0.4) is 0 Å². The van der Waals surface area contributed by atoms with Crippen molar-refractivity contribution >= 4 is 38.3 Å². The molecule has 4 aromatic rings. The molecule has 1 amide bonds. The van der Waals surface area contributed by atoms with Crippen LogP contribution in [0.4, 0.5) is 20.4 Å². The number of carbonyl (C=O) groups is 1. The van der Waals surface area contributed by atoms with Crippen LogP contribution < -0.4 is 19.7 Å². The quantitative estimate of drug-likeness (QED) is 0.351. The predicted octanol–water partition coefficient (Wildman–Crippen LogP) is 3.62. The molecule has 42 heavy (non-hydrogen) atoms. The molecule has 0 unspecified atom stereocenters. The topological polar surface area (TPSA) is 133 Å². The Balaban J connectivity index is 1.23. The molecular formula is C28H25F2N5O6S. The number of fused-ring (bicyclic) bond motifs is 3. The van der Waals surface area contributed by atoms with Gasteiger partial charge in [-0.2, -0.15) is 0 Å². The number of nitrogens with one attached hydrogen (secondary N) is 1. The first-order valence-corrected chi connectivity index (χ1v) is 14.6. The van der Waals surface area contributed by atoms with E-state index in [1.54, 1.807) is 24.5 Å². The molecule has 1 atom stereocenters. The minimum atomic E-state index is -4.52. The maximum absolute atomic E-state index is 14.7. The molecule has 14 heteroatoms. The lowest BCUT2D eigenvalue weighted by Gasteiger charge is -2.30. The van der Waals surface area contributed by atoms with Crippen LogP contribution in [0, 0.1) is 5.82 Å². The van der Waals surface area contributed by atoms with Crippen molar-refractivity contribution in [1.82, 2.24) is 20.3 Å². The molecule has 1 N–H and O–H groups in total. The number of pyridine rings is 3. The van der Waals surface area contributed by atoms with Crippen LogP contribution in [0.5, 0.6) is 11.5 Å². The van der Waals surface area contributed by atoms with Crippen molar-refractivity contribution in [2.75, 3.05) is 31.3 Å². The average Bonchev–Trinajstić information content (AvgIpc) is 3.10. The summed E-state index contributed by atoms with van der Waals surface area (Å²) in [7, 11) is -4.52. The van der Waals surface area contributed by atoms with Crippen molar-refractivity contribution in [2.45, 2.75) is 30.5 Å². The third-order valence-electron chi connectivity index (χ3n) is 6.84. The van der Waals surface area contributed by atoms with Crippen LogP contribution in [0.15, 0.2) is 53.7 Å². The van der Waals surface area contributed by atoms with Gasteiger partial charge in [-0.1, -0.05) is 0 Å². The molecule has 0 fully saturated rings. The number of ether oxygens (including phenoxy) is 3. The molecule has 218 valence electrons. The van der Waals surface area contributed by atoms with E-state index in [9.17, 15) is 22.0 Å². The van der Waals surface area contributed by atoms with Gasteiger partial charge in [0.15, 0.2) is 11.6 Å². The number of alkyl halides is 1. The van der Waals surface area contributed by atoms with E-state index in [1.807, 2.05) is 24.0 Å². The van der Waals surface area contributed by atoms with Crippen LogP contribution in [0.2, 0.25) is 0 Å². The lowest BCUT2D eigenvalue weighted by Crippen LogP contribution is -2.30. The summed E-state index contributed by atoms with van der Waals surface area (Å²) in [5.41, 5.74) is -1.87. The van der Waals surface area contributed by atoms with E-state index in [2.05, 4.69) is 15.3 Å². The zero-order valence-corrected chi connectivity index (χ0v) is 23.2. The molecular weight excluding hydrogens is 572 g/mol. The SMILES string of the molecule is CCOc1ccnc2c1OCCN2c1ccc2cnc(CNC(=O)c3cc(F)c4c(c3)S(=O)(=O)[C@@H](F)COC4)cc2n1. The summed E-state index contributed by atoms with van der Waals surface area (Å²) in [5, 5.41) is 3.37. The van der Waals surface area contributed by atoms with Gasteiger partial charge in [0.05, 0.1) is 49.0 Å². The highest BCUT2D eigenvalue weighted by Gasteiger charge is 2.35. The van der Waals surface area contributed by atoms with Crippen molar-refractivity contribution in [1.29, 1.82) is 0 Å². The monoisotopic (exact) mass is 597 g/mol. The van der Waals surface area contributed by atoms with Crippen molar-refractivity contribution < 1.29 is 36.2 Å². The molecule has 0 saturated carbocycles. The van der Waals surface area contributed by atoms with Crippen LogP contribution in [-0.4, -0.2) is 61.1 Å². The maximum atomic E-state index is 14.7. The molecule has 11 nitrogen and oxygen atoms in total. The number of nitrogens with zero attached hydrogens (tertiary/aromatic N) is 4. The largest absolute Gasteiger partial charge is 0.490 e. The Kier molecular flexibility index (Phi) is 7.33. The number of benzene rings is 1. The first-order valence-electron chi connectivity index (χ1n) is 13.1. The third-order valence-corrected chi connectivity index (χ3v) is 8.63. The zero-order chi connectivity index (χ0) is 29.4. The summed E-state index contributed by atoms with van der Waals surface area (Å²) < 4.78 is 70.4. The van der Waals surface area contributed by atoms with Gasteiger partial charge in [-0.15, -0.1) is 0 Å². The molecule has 3 aromatic heterocycles. The second-order valence-corrected chi connectivity index (χ2v) is 11.6. The number of carbonyl (C=O) groups excluding carboxylic acids is 1. The number of hydrogen-bond acceptors (Lipinski definition) is 10. The van der Waals surface area contributed by atoms with Crippen molar-refractivity contribution in [2.24, 2.45) is 0 Å². The van der Waals surface area contributed by atoms with Gasteiger partial charge in [-0.3, -0.25) is 9.78 Å². The lowest BCUT2D eigenvalue weighted by atomic mass is 10.1. The first kappa shape index (κ1) is 27.7. The molecule has 2 aliphatic heterocycles. The number of anilines is 2. The minimum Gasteiger partial charge on any atom is -0.490 e. The van der Waals surface area contributed by atoms with Gasteiger partial charge in [0.2, 0.25) is 21.1 Å². The van der Waals surface area contributed by atoms with Gasteiger partial charge in [-0.25, -0.2) is 27.2 Å². The average molecular weight is 598 g/mol. The molecule has 0 saturated heterocycles. The maximum Gasteiger partial charge on any atom is 0.251 e. The number of sulfone groups is 1. The molecule has 1 aromatic carbocycles. The molecule has 2 aliphatic rings. The van der Waals surface area contributed by atoms with E-state index in [0.29, 0.717) is 54.1 Å². The highest BCUT2D eigenvalue weighted by molar-refractivity contribution is 7.92. The van der Waals surface area contributed by atoms with E-state index in [1.165, 1.54) is 0 Å². The van der Waals surface area contributed by atoms with Crippen LogP contribution in [-0.2, 0) is 27.7 Å². The Labute approximate surface area is 239 Å². The molecule has 0 radical (unpaired) electrons. The zero-order valence-electron chi connectivity index (χ0n) is 22.3. The first-order chi connectivity index (χ1) is 20.3. The standard InChI is InChI=1S/C28H25F2N5O6S/c1-2-40-22-5-6-31-27-26(22)41-8-7-35(27)25-4-3-16-12-32-18(11-21(16)34-25)13-33-28(36)17-9-20(29)19-14-39-15-24(30)42(37,38)23(19)10-17/h3-6,9-12,24H,2,7-8,13-15H2,1H3,(H,33,36)/t24-/m1/s1. The van der Waals surface area contributed by atoms with E-state index in [0.717, 1.165) is 17.5 Å². The second kappa shape index (κ2) is 11.1. The van der Waals surface area contributed by atoms with Gasteiger partial charge in [-0.05, 0) is 37.3 Å². The van der Waals surface area contributed by atoms with Gasteiger partial charge in [0, 0.05) is 35.0 Å². The Morgan fingerprint density at radius 1 is 1.21 bits per heavy atom. The van der Waals surface area contributed by atoms with Gasteiger partial charge in [0.25, 0.3) is 5.91 Å². The van der Waals surface area contributed by atoms with Gasteiger partial charge in [0.1, 0.15) is 18.2 Å². The fourth-order valence-corrected chi connectivity index (χ4v) is 6.11. The second-order valence-electron chi connectivity index (χ2n) is 9.52. The van der Waals surface area contributed by atoms with Gasteiger partial charge < -0.3 is 24.4 Å². The van der Waals surface area contributed by atoms with Crippen LogP contribution in [0.25, 0.3) is 10.9 Å². The molecule has 5 heterocycles. The van der Waals surface area contributed by atoms with E-state index in [4.69, 9.17) is 19.2 Å². The lowest BCUT2D eigenvalue weighted by molar-refractivity contribution is 0.0938. The predicted molar refractivity (Wildman–Crippen MR) is 147 cm³/mol. The summed E-state index contributed by atoms with van der Waals surface area (Å²) in [6, 6.07) is 9.04. The van der Waals surface area contributed by atoms with Crippen molar-refractivity contribution in [3.63, 3.8) is 0 Å². The van der Waals surface area contributed by atoms with E-state index >= 15 is 0 Å². The van der Waals surface area contributed by atoms with Crippen molar-refractivity contribution in [3.05, 3.63) is 71.4 Å². The molecule has 0 bridgehead atoms. The normalized spacial score (nSPS) is 17.5. The Morgan fingerprint density at radius 3 is 2.90 bits per heavy atom. The van der Waals surface area contributed by atoms with Gasteiger partial charge >= 0.3 is 0 Å². The van der Waals surface area contributed by atoms with Crippen LogP contribution >= 0.6 is 0 Å². The molecule has 0 spiro atoms. The number of aromatic nitrogens is 3. The number of halogens is 2. The van der Waals surface area contributed by atoms with Crippen LogP contribution in [0.1, 0.15) is 28.5 Å². The summed E-state index contributed by atoms with van der Waals surface area (Å²) in [5.74, 6) is 0.635. The minimum absolute atomic E-state index is 0.0549. The Hall–Kier alpha value is -4.43. The summed E-state index contributed by atoms with van der Waals surface area (Å²) in [4.78, 5) is 27.8.